The Kier molecular flexibility index (Phi) is 4.74. The average Bonchev–Trinajstić information content (AvgIpc) is 2.86. The van der Waals surface area contributed by atoms with Crippen LogP contribution in [0.25, 0.3) is 0 Å². The molecule has 0 heterocycles. The van der Waals surface area contributed by atoms with Gasteiger partial charge in [-0.2, -0.15) is 5.26 Å². The molecule has 0 saturated heterocycles. The van der Waals surface area contributed by atoms with Crippen molar-refractivity contribution in [1.29, 1.82) is 5.26 Å². The van der Waals surface area contributed by atoms with E-state index in [9.17, 15) is 0 Å². The summed E-state index contributed by atoms with van der Waals surface area (Å²) >= 11 is 0. The van der Waals surface area contributed by atoms with Gasteiger partial charge in [-0.1, -0.05) is 18.6 Å². The fourth-order valence-electron chi connectivity index (χ4n) is 2.70. The summed E-state index contributed by atoms with van der Waals surface area (Å²) in [6.45, 7) is 2.15. The van der Waals surface area contributed by atoms with Crippen LogP contribution in [0.5, 0.6) is 0 Å². The van der Waals surface area contributed by atoms with Gasteiger partial charge in [0.2, 0.25) is 0 Å². The van der Waals surface area contributed by atoms with Gasteiger partial charge >= 0.3 is 0 Å². The number of nitrogens with two attached hydrogens (primary N) is 1. The van der Waals surface area contributed by atoms with E-state index in [-0.39, 0.29) is 0 Å². The van der Waals surface area contributed by atoms with E-state index in [4.69, 9.17) is 15.7 Å². The Morgan fingerprint density at radius 3 is 2.94 bits per heavy atom. The van der Waals surface area contributed by atoms with E-state index < -0.39 is 0 Å². The summed E-state index contributed by atoms with van der Waals surface area (Å²) in [6, 6.07) is 9.73. The molecule has 2 atom stereocenters. The third kappa shape index (κ3) is 3.32. The Morgan fingerprint density at radius 1 is 1.33 bits per heavy atom. The molecule has 2 N–H and O–H groups in total. The second-order valence-corrected chi connectivity index (χ2v) is 5.01. The van der Waals surface area contributed by atoms with Gasteiger partial charge in [-0.3, -0.25) is 0 Å². The van der Waals surface area contributed by atoms with Crippen molar-refractivity contribution in [1.82, 2.24) is 0 Å². The van der Waals surface area contributed by atoms with Crippen molar-refractivity contribution in [3.8, 4) is 6.07 Å². The van der Waals surface area contributed by atoms with E-state index in [2.05, 4.69) is 6.07 Å². The second kappa shape index (κ2) is 6.53. The number of hydrogen-bond donors (Lipinski definition) is 1. The monoisotopic (exact) mass is 244 g/mol. The molecule has 0 spiro atoms. The summed E-state index contributed by atoms with van der Waals surface area (Å²) in [5.74, 6) is 1.25. The van der Waals surface area contributed by atoms with Crippen LogP contribution in [0.4, 0.5) is 0 Å². The fraction of sp³-hybridized carbons (Fsp3) is 0.533. The second-order valence-electron chi connectivity index (χ2n) is 5.01. The molecule has 1 aromatic carbocycles. The molecule has 0 radical (unpaired) electrons. The van der Waals surface area contributed by atoms with Crippen LogP contribution in [0.3, 0.4) is 0 Å². The first-order valence-corrected chi connectivity index (χ1v) is 6.60. The fourth-order valence-corrected chi connectivity index (χ4v) is 2.70. The van der Waals surface area contributed by atoms with Gasteiger partial charge < -0.3 is 10.5 Å². The summed E-state index contributed by atoms with van der Waals surface area (Å²) in [5, 5.41) is 8.82. The molecular formula is C15H20N2O. The van der Waals surface area contributed by atoms with Gasteiger partial charge in [0.1, 0.15) is 0 Å². The first-order chi connectivity index (χ1) is 8.83. The van der Waals surface area contributed by atoms with Crippen LogP contribution < -0.4 is 5.73 Å². The number of benzene rings is 1. The van der Waals surface area contributed by atoms with Gasteiger partial charge in [0, 0.05) is 0 Å². The Hall–Kier alpha value is -1.37. The van der Waals surface area contributed by atoms with Crippen molar-refractivity contribution >= 4 is 0 Å². The molecule has 0 amide bonds. The van der Waals surface area contributed by atoms with E-state index in [1.54, 1.807) is 0 Å². The predicted octanol–water partition coefficient (Wildman–Crippen LogP) is 2.45. The molecule has 2 rings (SSSR count). The molecule has 3 nitrogen and oxygen atoms in total. The van der Waals surface area contributed by atoms with Crippen LogP contribution in [0.15, 0.2) is 24.3 Å². The molecule has 96 valence electrons. The van der Waals surface area contributed by atoms with Gasteiger partial charge in [-0.25, -0.2) is 0 Å². The first kappa shape index (κ1) is 13.1. The normalized spacial score (nSPS) is 22.9. The minimum absolute atomic E-state index is 0.587. The van der Waals surface area contributed by atoms with Crippen LogP contribution in [0.1, 0.15) is 30.4 Å². The van der Waals surface area contributed by atoms with Crippen LogP contribution in [0.2, 0.25) is 0 Å². The lowest BCUT2D eigenvalue weighted by molar-refractivity contribution is 0.0753. The van der Waals surface area contributed by atoms with E-state index in [0.29, 0.717) is 24.0 Å². The van der Waals surface area contributed by atoms with E-state index in [0.717, 1.165) is 18.7 Å². The number of rotatable bonds is 5. The molecule has 1 fully saturated rings. The van der Waals surface area contributed by atoms with Crippen molar-refractivity contribution in [2.45, 2.75) is 25.9 Å². The molecule has 0 aromatic heterocycles. The quantitative estimate of drug-likeness (QED) is 0.865. The highest BCUT2D eigenvalue weighted by Crippen LogP contribution is 2.31. The Labute approximate surface area is 109 Å². The number of nitrogens with zero attached hydrogens (tertiary/aromatic N) is 1. The minimum Gasteiger partial charge on any atom is -0.376 e. The number of nitriles is 1. The Bertz CT molecular complexity index is 425. The Balaban J connectivity index is 1.79. The van der Waals surface area contributed by atoms with Crippen molar-refractivity contribution in [3.63, 3.8) is 0 Å². The van der Waals surface area contributed by atoms with Crippen molar-refractivity contribution in [2.24, 2.45) is 17.6 Å². The molecule has 18 heavy (non-hydrogen) atoms. The maximum atomic E-state index is 8.82. The van der Waals surface area contributed by atoms with Gasteiger partial charge in [-0.15, -0.1) is 0 Å². The van der Waals surface area contributed by atoms with Crippen LogP contribution in [0, 0.1) is 23.2 Å². The lowest BCUT2D eigenvalue weighted by Crippen LogP contribution is -2.22. The molecule has 0 aliphatic heterocycles. The van der Waals surface area contributed by atoms with E-state index in [1.807, 2.05) is 24.3 Å². The molecule has 1 aliphatic carbocycles. The van der Waals surface area contributed by atoms with Gasteiger partial charge in [-0.05, 0) is 48.9 Å². The van der Waals surface area contributed by atoms with Crippen molar-refractivity contribution in [2.75, 3.05) is 13.2 Å². The zero-order valence-corrected chi connectivity index (χ0v) is 10.6. The maximum Gasteiger partial charge on any atom is 0.0991 e. The standard InChI is InChI=1S/C15H20N2O/c16-8-12-3-1-4-13(7-12)10-18-11-15-6-2-5-14(15)9-17/h1,3-4,7,14-15H,2,5-6,9-11,17H2. The van der Waals surface area contributed by atoms with Gasteiger partial charge in [0.05, 0.1) is 24.8 Å². The number of hydrogen-bond acceptors (Lipinski definition) is 3. The van der Waals surface area contributed by atoms with Crippen LogP contribution >= 0.6 is 0 Å². The van der Waals surface area contributed by atoms with Crippen LogP contribution in [-0.4, -0.2) is 13.2 Å². The summed E-state index contributed by atoms with van der Waals surface area (Å²) in [4.78, 5) is 0. The lowest BCUT2D eigenvalue weighted by atomic mass is 9.97. The molecule has 3 heteroatoms. The van der Waals surface area contributed by atoms with Crippen molar-refractivity contribution < 1.29 is 4.74 Å². The molecular weight excluding hydrogens is 224 g/mol. The van der Waals surface area contributed by atoms with Gasteiger partial charge in [0.15, 0.2) is 0 Å². The summed E-state index contributed by atoms with van der Waals surface area (Å²) in [6.07, 6.45) is 3.76. The first-order valence-electron chi connectivity index (χ1n) is 6.60. The summed E-state index contributed by atoms with van der Waals surface area (Å²) in [7, 11) is 0. The molecule has 1 aromatic rings. The smallest absolute Gasteiger partial charge is 0.0991 e. The summed E-state index contributed by atoms with van der Waals surface area (Å²) in [5.41, 5.74) is 7.51. The third-order valence-electron chi connectivity index (χ3n) is 3.78. The third-order valence-corrected chi connectivity index (χ3v) is 3.78. The zero-order valence-electron chi connectivity index (χ0n) is 10.6. The molecule has 1 saturated carbocycles. The lowest BCUT2D eigenvalue weighted by Gasteiger charge is -2.17. The maximum absolute atomic E-state index is 8.82. The number of ether oxygens (including phenoxy) is 1. The zero-order chi connectivity index (χ0) is 12.8. The molecule has 0 bridgehead atoms. The topological polar surface area (TPSA) is 59.0 Å². The van der Waals surface area contributed by atoms with Gasteiger partial charge in [0.25, 0.3) is 0 Å². The molecule has 2 unspecified atom stereocenters. The van der Waals surface area contributed by atoms with Crippen LogP contribution in [-0.2, 0) is 11.3 Å². The average molecular weight is 244 g/mol. The largest absolute Gasteiger partial charge is 0.376 e. The molecule has 1 aliphatic rings. The van der Waals surface area contributed by atoms with E-state index in [1.165, 1.54) is 19.3 Å². The highest BCUT2D eigenvalue weighted by molar-refractivity contribution is 5.32. The minimum atomic E-state index is 0.587. The highest BCUT2D eigenvalue weighted by atomic mass is 16.5. The summed E-state index contributed by atoms with van der Waals surface area (Å²) < 4.78 is 5.77. The predicted molar refractivity (Wildman–Crippen MR) is 70.7 cm³/mol. The SMILES string of the molecule is N#Cc1cccc(COCC2CCCC2CN)c1. The van der Waals surface area contributed by atoms with E-state index >= 15 is 0 Å². The Morgan fingerprint density at radius 2 is 2.17 bits per heavy atom. The highest BCUT2D eigenvalue weighted by Gasteiger charge is 2.25. The van der Waals surface area contributed by atoms with Crippen molar-refractivity contribution in [3.05, 3.63) is 35.4 Å².